The molecule has 30 heavy (non-hydrogen) atoms. The molecule has 156 valence electrons. The van der Waals surface area contributed by atoms with Crippen molar-refractivity contribution in [3.05, 3.63) is 76.7 Å². The molecule has 0 radical (unpaired) electrons. The number of hydrogen-bond donors (Lipinski definition) is 1. The van der Waals surface area contributed by atoms with Crippen molar-refractivity contribution in [1.29, 1.82) is 0 Å². The highest BCUT2D eigenvalue weighted by Gasteiger charge is 2.38. The third-order valence-electron chi connectivity index (χ3n) is 5.74. The van der Waals surface area contributed by atoms with Crippen LogP contribution in [0.15, 0.2) is 59.8 Å². The van der Waals surface area contributed by atoms with Crippen LogP contribution >= 0.6 is 0 Å². The van der Waals surface area contributed by atoms with E-state index in [-0.39, 0.29) is 35.8 Å². The molecule has 1 amide bonds. The molecule has 0 saturated heterocycles. The molecular formula is C25H26FNO3. The zero-order chi connectivity index (χ0) is 21.3. The van der Waals surface area contributed by atoms with Gasteiger partial charge in [-0.25, -0.2) is 4.39 Å². The van der Waals surface area contributed by atoms with Gasteiger partial charge in [0.05, 0.1) is 6.61 Å². The van der Waals surface area contributed by atoms with Crippen molar-refractivity contribution >= 4 is 11.7 Å². The normalized spacial score (nSPS) is 21.5. The fourth-order valence-electron chi connectivity index (χ4n) is 4.27. The Hall–Kier alpha value is -2.95. The molecule has 0 aromatic heterocycles. The van der Waals surface area contributed by atoms with Crippen molar-refractivity contribution in [1.82, 2.24) is 5.32 Å². The molecule has 1 aliphatic carbocycles. The second-order valence-corrected chi connectivity index (χ2v) is 8.55. The Labute approximate surface area is 176 Å². The van der Waals surface area contributed by atoms with Crippen molar-refractivity contribution in [2.75, 3.05) is 6.61 Å². The minimum Gasteiger partial charge on any atom is -0.493 e. The average molecular weight is 407 g/mol. The Kier molecular flexibility index (Phi) is 5.71. The summed E-state index contributed by atoms with van der Waals surface area (Å²) in [5.74, 6) is 0.595. The summed E-state index contributed by atoms with van der Waals surface area (Å²) in [4.78, 5) is 25.4. The summed E-state index contributed by atoms with van der Waals surface area (Å²) in [5.41, 5.74) is 3.25. The van der Waals surface area contributed by atoms with Gasteiger partial charge in [0.1, 0.15) is 11.6 Å². The summed E-state index contributed by atoms with van der Waals surface area (Å²) < 4.78 is 19.1. The number of benzene rings is 2. The lowest BCUT2D eigenvalue weighted by Crippen LogP contribution is -2.38. The molecule has 0 spiro atoms. The molecule has 2 aliphatic rings. The molecule has 1 N–H and O–H groups in total. The highest BCUT2D eigenvalue weighted by Crippen LogP contribution is 2.42. The minimum absolute atomic E-state index is 0.0164. The first-order valence-electron chi connectivity index (χ1n) is 10.4. The van der Waals surface area contributed by atoms with Gasteiger partial charge in [-0.05, 0) is 53.6 Å². The van der Waals surface area contributed by atoms with Crippen LogP contribution in [0.3, 0.4) is 0 Å². The summed E-state index contributed by atoms with van der Waals surface area (Å²) in [6.07, 6.45) is 1.22. The molecule has 2 aromatic carbocycles. The first-order valence-corrected chi connectivity index (χ1v) is 10.4. The average Bonchev–Trinajstić information content (AvgIpc) is 2.72. The van der Waals surface area contributed by atoms with Gasteiger partial charge in [0.15, 0.2) is 5.78 Å². The zero-order valence-electron chi connectivity index (χ0n) is 17.3. The molecule has 0 fully saturated rings. The second-order valence-electron chi connectivity index (χ2n) is 8.55. The molecule has 0 bridgehead atoms. The predicted molar refractivity (Wildman–Crippen MR) is 113 cm³/mol. The standard InChI is InChI=1S/C25H26FNO3/c1-15(2)14-30-20-9-5-16(6-10-20)18-11-22-25(23(28)12-18)21(13-24(29)27-22)17-3-7-19(26)8-4-17/h3-10,15,18,21H,11-14H2,1-2H3,(H,27,29). The molecule has 0 saturated carbocycles. The second kappa shape index (κ2) is 8.42. The third-order valence-corrected chi connectivity index (χ3v) is 5.74. The van der Waals surface area contributed by atoms with Gasteiger partial charge >= 0.3 is 0 Å². The van der Waals surface area contributed by atoms with Crippen molar-refractivity contribution in [3.63, 3.8) is 0 Å². The smallest absolute Gasteiger partial charge is 0.225 e. The van der Waals surface area contributed by atoms with E-state index in [1.807, 2.05) is 24.3 Å². The van der Waals surface area contributed by atoms with Crippen LogP contribution in [0.1, 0.15) is 56.1 Å². The van der Waals surface area contributed by atoms with E-state index >= 15 is 0 Å². The SMILES string of the molecule is CC(C)COc1ccc(C2CC(=O)C3=C(C2)NC(=O)CC3c2ccc(F)cc2)cc1. The molecule has 4 rings (SSSR count). The summed E-state index contributed by atoms with van der Waals surface area (Å²) >= 11 is 0. The summed E-state index contributed by atoms with van der Waals surface area (Å²) in [6, 6.07) is 14.0. The van der Waals surface area contributed by atoms with Gasteiger partial charge in [0, 0.05) is 30.0 Å². The van der Waals surface area contributed by atoms with Crippen LogP contribution in [0.5, 0.6) is 5.75 Å². The fourth-order valence-corrected chi connectivity index (χ4v) is 4.27. The maximum atomic E-state index is 13.3. The molecule has 2 unspecified atom stereocenters. The molecular weight excluding hydrogens is 381 g/mol. The molecule has 1 heterocycles. The Morgan fingerprint density at radius 1 is 0.967 bits per heavy atom. The van der Waals surface area contributed by atoms with Gasteiger partial charge in [-0.1, -0.05) is 38.1 Å². The maximum absolute atomic E-state index is 13.3. The highest BCUT2D eigenvalue weighted by molar-refractivity contribution is 6.02. The predicted octanol–water partition coefficient (Wildman–Crippen LogP) is 4.86. The molecule has 1 aliphatic heterocycles. The number of ether oxygens (including phenoxy) is 1. The lowest BCUT2D eigenvalue weighted by atomic mass is 9.73. The van der Waals surface area contributed by atoms with Crippen molar-refractivity contribution < 1.29 is 18.7 Å². The van der Waals surface area contributed by atoms with Crippen LogP contribution in [-0.4, -0.2) is 18.3 Å². The number of nitrogens with one attached hydrogen (secondary N) is 1. The van der Waals surface area contributed by atoms with Crippen molar-refractivity contribution in [3.8, 4) is 5.75 Å². The lowest BCUT2D eigenvalue weighted by molar-refractivity contribution is -0.122. The molecule has 2 aromatic rings. The monoisotopic (exact) mass is 407 g/mol. The summed E-state index contributed by atoms with van der Waals surface area (Å²) in [5, 5.41) is 2.92. The number of amides is 1. The van der Waals surface area contributed by atoms with Crippen LogP contribution in [-0.2, 0) is 9.59 Å². The highest BCUT2D eigenvalue weighted by atomic mass is 19.1. The number of hydrogen-bond acceptors (Lipinski definition) is 3. The number of halogens is 1. The van der Waals surface area contributed by atoms with Crippen LogP contribution in [0.4, 0.5) is 4.39 Å². The summed E-state index contributed by atoms with van der Waals surface area (Å²) in [7, 11) is 0. The van der Waals surface area contributed by atoms with E-state index in [9.17, 15) is 14.0 Å². The number of allylic oxidation sites excluding steroid dienone is 2. The van der Waals surface area contributed by atoms with Gasteiger partial charge in [0.2, 0.25) is 5.91 Å². The third kappa shape index (κ3) is 4.30. The molecule has 2 atom stereocenters. The molecule has 5 heteroatoms. The van der Waals surface area contributed by atoms with Crippen LogP contribution in [0.2, 0.25) is 0 Å². The van der Waals surface area contributed by atoms with Gasteiger partial charge < -0.3 is 10.1 Å². The topological polar surface area (TPSA) is 55.4 Å². The molecule has 4 nitrogen and oxygen atoms in total. The van der Waals surface area contributed by atoms with E-state index in [1.165, 1.54) is 12.1 Å². The van der Waals surface area contributed by atoms with E-state index in [1.54, 1.807) is 12.1 Å². The van der Waals surface area contributed by atoms with Crippen LogP contribution in [0.25, 0.3) is 0 Å². The fraction of sp³-hybridized carbons (Fsp3) is 0.360. The van der Waals surface area contributed by atoms with E-state index in [0.29, 0.717) is 36.6 Å². The van der Waals surface area contributed by atoms with Gasteiger partial charge in [-0.3, -0.25) is 9.59 Å². The number of carbonyl (C=O) groups is 2. The number of ketones is 1. The van der Waals surface area contributed by atoms with E-state index in [0.717, 1.165) is 16.9 Å². The van der Waals surface area contributed by atoms with Crippen molar-refractivity contribution in [2.45, 2.75) is 44.9 Å². The zero-order valence-corrected chi connectivity index (χ0v) is 17.3. The Morgan fingerprint density at radius 3 is 2.30 bits per heavy atom. The quantitative estimate of drug-likeness (QED) is 0.770. The number of rotatable bonds is 5. The Bertz CT molecular complexity index is 976. The van der Waals surface area contributed by atoms with Gasteiger partial charge in [-0.15, -0.1) is 0 Å². The first kappa shape index (κ1) is 20.3. The lowest BCUT2D eigenvalue weighted by Gasteiger charge is -2.34. The van der Waals surface area contributed by atoms with Crippen molar-refractivity contribution in [2.24, 2.45) is 5.92 Å². The minimum atomic E-state index is -0.330. The van der Waals surface area contributed by atoms with E-state index < -0.39 is 0 Å². The van der Waals surface area contributed by atoms with Crippen LogP contribution < -0.4 is 10.1 Å². The van der Waals surface area contributed by atoms with Gasteiger partial charge in [-0.2, -0.15) is 0 Å². The van der Waals surface area contributed by atoms with E-state index in [4.69, 9.17) is 4.74 Å². The number of carbonyl (C=O) groups excluding carboxylic acids is 2. The first-order chi connectivity index (χ1) is 14.4. The maximum Gasteiger partial charge on any atom is 0.225 e. The van der Waals surface area contributed by atoms with Gasteiger partial charge in [0.25, 0.3) is 0 Å². The summed E-state index contributed by atoms with van der Waals surface area (Å²) in [6.45, 7) is 4.87. The van der Waals surface area contributed by atoms with Crippen LogP contribution in [0, 0.1) is 11.7 Å². The Morgan fingerprint density at radius 2 is 1.63 bits per heavy atom. The Balaban J connectivity index is 1.57. The van der Waals surface area contributed by atoms with E-state index in [2.05, 4.69) is 19.2 Å². The number of Topliss-reactive ketones (excluding diaryl/α,β-unsaturated/α-hetero) is 1. The largest absolute Gasteiger partial charge is 0.493 e.